The Bertz CT molecular complexity index is 136. The lowest BCUT2D eigenvalue weighted by molar-refractivity contribution is 0.224. The maximum Gasteiger partial charge on any atom is -0.00187 e. The minimum Gasteiger partial charge on any atom is -0.303 e. The molecule has 0 unspecified atom stereocenters. The molecule has 1 rings (SSSR count). The Morgan fingerprint density at radius 3 is 2.36 bits per heavy atom. The summed E-state index contributed by atoms with van der Waals surface area (Å²) < 4.78 is 0. The predicted molar refractivity (Wildman–Crippen MR) is 63.6 cm³/mol. The second kappa shape index (κ2) is 8.05. The molecule has 0 aromatic heterocycles. The Balaban J connectivity index is 1.85. The zero-order valence-corrected chi connectivity index (χ0v) is 9.51. The van der Waals surface area contributed by atoms with Crippen molar-refractivity contribution >= 4 is 0 Å². The van der Waals surface area contributed by atoms with Crippen molar-refractivity contribution in [2.75, 3.05) is 19.6 Å². The van der Waals surface area contributed by atoms with Gasteiger partial charge < -0.3 is 4.90 Å². The molecular weight excluding hydrogens is 170 g/mol. The first-order chi connectivity index (χ1) is 6.93. The Labute approximate surface area is 89.2 Å². The molecule has 14 heavy (non-hydrogen) atoms. The molecule has 0 amide bonds. The van der Waals surface area contributed by atoms with E-state index in [1.807, 2.05) is 6.08 Å². The Kier molecular flexibility index (Phi) is 6.77. The molecule has 1 heteroatoms. The maximum absolute atomic E-state index is 3.74. The van der Waals surface area contributed by atoms with E-state index in [-0.39, 0.29) is 0 Å². The van der Waals surface area contributed by atoms with Gasteiger partial charge in [-0.05, 0) is 51.7 Å². The van der Waals surface area contributed by atoms with Crippen LogP contribution < -0.4 is 0 Å². The zero-order valence-electron chi connectivity index (χ0n) is 9.51. The van der Waals surface area contributed by atoms with Crippen molar-refractivity contribution in [3.8, 4) is 0 Å². The molecule has 0 aliphatic carbocycles. The molecule has 1 heterocycles. The van der Waals surface area contributed by atoms with E-state index < -0.39 is 0 Å². The highest BCUT2D eigenvalue weighted by atomic mass is 15.1. The number of allylic oxidation sites excluding steroid dienone is 1. The summed E-state index contributed by atoms with van der Waals surface area (Å²) in [5, 5.41) is 0. The van der Waals surface area contributed by atoms with Gasteiger partial charge in [-0.1, -0.05) is 25.3 Å². The minimum atomic E-state index is 1.20. The standard InChI is InChI=1S/C13H25N/c1-2-3-4-5-6-8-11-14-12-9-7-10-13-14/h2H,1,3-13H2. The van der Waals surface area contributed by atoms with Crippen LogP contribution in [0.15, 0.2) is 12.7 Å². The molecule has 1 aliphatic rings. The maximum atomic E-state index is 3.74. The molecule has 1 saturated heterocycles. The number of piperidine rings is 1. The molecule has 1 fully saturated rings. The molecule has 0 aromatic carbocycles. The van der Waals surface area contributed by atoms with Crippen LogP contribution in [-0.2, 0) is 0 Å². The van der Waals surface area contributed by atoms with Crippen molar-refractivity contribution in [1.82, 2.24) is 4.90 Å². The van der Waals surface area contributed by atoms with E-state index in [1.165, 1.54) is 71.0 Å². The molecule has 0 N–H and O–H groups in total. The minimum absolute atomic E-state index is 1.20. The van der Waals surface area contributed by atoms with Crippen LogP contribution in [0.1, 0.15) is 51.4 Å². The first kappa shape index (κ1) is 11.8. The molecule has 1 aliphatic heterocycles. The van der Waals surface area contributed by atoms with Crippen LogP contribution in [0.5, 0.6) is 0 Å². The SMILES string of the molecule is C=CCCCCCCN1CCCCC1. The third-order valence-corrected chi connectivity index (χ3v) is 3.08. The number of unbranched alkanes of at least 4 members (excludes halogenated alkanes) is 4. The fraction of sp³-hybridized carbons (Fsp3) is 0.846. The van der Waals surface area contributed by atoms with Gasteiger partial charge in [0.2, 0.25) is 0 Å². The molecular formula is C13H25N. The molecule has 0 saturated carbocycles. The number of rotatable bonds is 7. The van der Waals surface area contributed by atoms with Crippen LogP contribution in [0, 0.1) is 0 Å². The summed E-state index contributed by atoms with van der Waals surface area (Å²) in [6, 6.07) is 0. The van der Waals surface area contributed by atoms with Crippen molar-refractivity contribution in [1.29, 1.82) is 0 Å². The summed E-state index contributed by atoms with van der Waals surface area (Å²) >= 11 is 0. The highest BCUT2D eigenvalue weighted by molar-refractivity contribution is 4.66. The highest BCUT2D eigenvalue weighted by Crippen LogP contribution is 2.10. The molecule has 82 valence electrons. The van der Waals surface area contributed by atoms with Crippen LogP contribution in [0.25, 0.3) is 0 Å². The summed E-state index contributed by atoms with van der Waals surface area (Å²) in [7, 11) is 0. The molecule has 0 radical (unpaired) electrons. The monoisotopic (exact) mass is 195 g/mol. The van der Waals surface area contributed by atoms with Gasteiger partial charge in [0.15, 0.2) is 0 Å². The molecule has 1 nitrogen and oxygen atoms in total. The first-order valence-corrected chi connectivity index (χ1v) is 6.27. The van der Waals surface area contributed by atoms with Crippen molar-refractivity contribution < 1.29 is 0 Å². The summed E-state index contributed by atoms with van der Waals surface area (Å²) in [6.45, 7) is 7.79. The molecule has 0 aromatic rings. The van der Waals surface area contributed by atoms with Gasteiger partial charge >= 0.3 is 0 Å². The van der Waals surface area contributed by atoms with E-state index in [1.54, 1.807) is 0 Å². The van der Waals surface area contributed by atoms with Crippen LogP contribution in [0.3, 0.4) is 0 Å². The third kappa shape index (κ3) is 5.43. The average molecular weight is 195 g/mol. The predicted octanol–water partition coefficient (Wildman–Crippen LogP) is 3.61. The van der Waals surface area contributed by atoms with E-state index in [9.17, 15) is 0 Å². The van der Waals surface area contributed by atoms with E-state index in [0.717, 1.165) is 0 Å². The summed E-state index contributed by atoms with van der Waals surface area (Å²) in [5.74, 6) is 0. The van der Waals surface area contributed by atoms with Crippen molar-refractivity contribution in [3.63, 3.8) is 0 Å². The average Bonchev–Trinajstić information content (AvgIpc) is 2.25. The largest absolute Gasteiger partial charge is 0.303 e. The van der Waals surface area contributed by atoms with Gasteiger partial charge in [-0.15, -0.1) is 6.58 Å². The Morgan fingerprint density at radius 2 is 1.64 bits per heavy atom. The van der Waals surface area contributed by atoms with E-state index in [4.69, 9.17) is 0 Å². The normalized spacial score (nSPS) is 18.3. The van der Waals surface area contributed by atoms with Gasteiger partial charge in [-0.25, -0.2) is 0 Å². The first-order valence-electron chi connectivity index (χ1n) is 6.27. The number of likely N-dealkylation sites (tertiary alicyclic amines) is 1. The summed E-state index contributed by atoms with van der Waals surface area (Å²) in [6.07, 6.45) is 13.1. The summed E-state index contributed by atoms with van der Waals surface area (Å²) in [4.78, 5) is 2.64. The van der Waals surface area contributed by atoms with Gasteiger partial charge in [-0.3, -0.25) is 0 Å². The number of nitrogens with zero attached hydrogens (tertiary/aromatic N) is 1. The zero-order chi connectivity index (χ0) is 10.1. The lowest BCUT2D eigenvalue weighted by Crippen LogP contribution is -2.30. The Hall–Kier alpha value is -0.300. The van der Waals surface area contributed by atoms with Crippen molar-refractivity contribution in [3.05, 3.63) is 12.7 Å². The molecule has 0 atom stereocenters. The fourth-order valence-corrected chi connectivity index (χ4v) is 2.16. The topological polar surface area (TPSA) is 3.24 Å². The van der Waals surface area contributed by atoms with Crippen molar-refractivity contribution in [2.24, 2.45) is 0 Å². The highest BCUT2D eigenvalue weighted by Gasteiger charge is 2.08. The van der Waals surface area contributed by atoms with Gasteiger partial charge in [0.05, 0.1) is 0 Å². The van der Waals surface area contributed by atoms with Gasteiger partial charge in [0.25, 0.3) is 0 Å². The molecule has 0 bridgehead atoms. The van der Waals surface area contributed by atoms with E-state index in [2.05, 4.69) is 11.5 Å². The number of hydrogen-bond donors (Lipinski definition) is 0. The lowest BCUT2D eigenvalue weighted by atomic mass is 10.1. The van der Waals surface area contributed by atoms with Crippen LogP contribution in [0.2, 0.25) is 0 Å². The van der Waals surface area contributed by atoms with Gasteiger partial charge in [-0.2, -0.15) is 0 Å². The second-order valence-corrected chi connectivity index (χ2v) is 4.39. The van der Waals surface area contributed by atoms with Crippen LogP contribution in [0.4, 0.5) is 0 Å². The van der Waals surface area contributed by atoms with Gasteiger partial charge in [0, 0.05) is 0 Å². The van der Waals surface area contributed by atoms with E-state index in [0.29, 0.717) is 0 Å². The quantitative estimate of drug-likeness (QED) is 0.443. The fourth-order valence-electron chi connectivity index (χ4n) is 2.16. The third-order valence-electron chi connectivity index (χ3n) is 3.08. The van der Waals surface area contributed by atoms with Gasteiger partial charge in [0.1, 0.15) is 0 Å². The Morgan fingerprint density at radius 1 is 0.929 bits per heavy atom. The molecule has 0 spiro atoms. The van der Waals surface area contributed by atoms with Crippen LogP contribution in [-0.4, -0.2) is 24.5 Å². The lowest BCUT2D eigenvalue weighted by Gasteiger charge is -2.26. The van der Waals surface area contributed by atoms with Crippen molar-refractivity contribution in [2.45, 2.75) is 51.4 Å². The second-order valence-electron chi connectivity index (χ2n) is 4.39. The summed E-state index contributed by atoms with van der Waals surface area (Å²) in [5.41, 5.74) is 0. The number of hydrogen-bond acceptors (Lipinski definition) is 1. The van der Waals surface area contributed by atoms with E-state index >= 15 is 0 Å². The van der Waals surface area contributed by atoms with Crippen LogP contribution >= 0.6 is 0 Å². The smallest absolute Gasteiger partial charge is 0.00187 e.